The van der Waals surface area contributed by atoms with Crippen molar-refractivity contribution in [3.8, 4) is 0 Å². The molecular weight excluding hydrogens is 272 g/mol. The van der Waals surface area contributed by atoms with Crippen LogP contribution >= 0.6 is 11.6 Å². The van der Waals surface area contributed by atoms with Crippen molar-refractivity contribution < 1.29 is 0 Å². The Hall–Kier alpha value is -1.39. The molecule has 5 heteroatoms. The van der Waals surface area contributed by atoms with Crippen LogP contribution in [0.2, 0.25) is 5.02 Å². The van der Waals surface area contributed by atoms with Crippen molar-refractivity contribution in [1.29, 1.82) is 0 Å². The van der Waals surface area contributed by atoms with Gasteiger partial charge in [0.15, 0.2) is 0 Å². The van der Waals surface area contributed by atoms with Gasteiger partial charge in [0.25, 0.3) is 0 Å². The molecule has 0 aliphatic rings. The van der Waals surface area contributed by atoms with Gasteiger partial charge in [0.1, 0.15) is 12.2 Å². The summed E-state index contributed by atoms with van der Waals surface area (Å²) >= 11 is 5.96. The Bertz CT molecular complexity index is 533. The molecule has 1 heterocycles. The van der Waals surface area contributed by atoms with E-state index in [-0.39, 0.29) is 6.04 Å². The molecule has 2 aromatic rings. The third-order valence-corrected chi connectivity index (χ3v) is 3.50. The van der Waals surface area contributed by atoms with E-state index in [0.717, 1.165) is 23.8 Å². The Balaban J connectivity index is 2.21. The Morgan fingerprint density at radius 1 is 1.25 bits per heavy atom. The van der Waals surface area contributed by atoms with Gasteiger partial charge in [0, 0.05) is 23.5 Å². The lowest BCUT2D eigenvalue weighted by molar-refractivity contribution is 0.468. The van der Waals surface area contributed by atoms with Gasteiger partial charge in [-0.05, 0) is 38.1 Å². The molecule has 1 atom stereocenters. The molecule has 0 aliphatic heterocycles. The van der Waals surface area contributed by atoms with E-state index in [1.165, 1.54) is 5.56 Å². The number of hydrogen-bond donors (Lipinski definition) is 1. The maximum absolute atomic E-state index is 5.96. The molecule has 20 heavy (non-hydrogen) atoms. The Morgan fingerprint density at radius 3 is 2.55 bits per heavy atom. The van der Waals surface area contributed by atoms with E-state index in [1.54, 1.807) is 6.33 Å². The highest BCUT2D eigenvalue weighted by Crippen LogP contribution is 2.20. The Labute approximate surface area is 125 Å². The lowest BCUT2D eigenvalue weighted by atomic mass is 10.0. The third kappa shape index (κ3) is 3.58. The van der Waals surface area contributed by atoms with Crippen molar-refractivity contribution in [1.82, 2.24) is 20.1 Å². The first-order valence-electron chi connectivity index (χ1n) is 6.99. The molecule has 1 aromatic heterocycles. The average molecular weight is 293 g/mol. The van der Waals surface area contributed by atoms with Crippen LogP contribution in [-0.2, 0) is 6.42 Å². The molecular formula is C15H21ClN4. The second-order valence-electron chi connectivity index (χ2n) is 5.08. The van der Waals surface area contributed by atoms with Crippen molar-refractivity contribution in [2.24, 2.45) is 0 Å². The SMILES string of the molecule is CCNC(Cc1ncnn1C(C)C)c1ccc(Cl)cc1. The van der Waals surface area contributed by atoms with Gasteiger partial charge in [-0.25, -0.2) is 9.67 Å². The predicted octanol–water partition coefficient (Wildman–Crippen LogP) is 3.41. The monoisotopic (exact) mass is 292 g/mol. The van der Waals surface area contributed by atoms with E-state index in [9.17, 15) is 0 Å². The molecule has 1 N–H and O–H groups in total. The summed E-state index contributed by atoms with van der Waals surface area (Å²) in [5, 5.41) is 8.55. The number of aromatic nitrogens is 3. The van der Waals surface area contributed by atoms with Crippen LogP contribution in [0.25, 0.3) is 0 Å². The molecule has 0 saturated carbocycles. The van der Waals surface area contributed by atoms with Gasteiger partial charge in [-0.1, -0.05) is 30.7 Å². The van der Waals surface area contributed by atoms with Crippen LogP contribution in [0.15, 0.2) is 30.6 Å². The Morgan fingerprint density at radius 2 is 1.95 bits per heavy atom. The zero-order valence-electron chi connectivity index (χ0n) is 12.2. The van der Waals surface area contributed by atoms with Gasteiger partial charge in [-0.15, -0.1) is 0 Å². The molecule has 0 saturated heterocycles. The third-order valence-electron chi connectivity index (χ3n) is 3.25. The standard InChI is InChI=1S/C15H21ClN4/c1-4-17-14(12-5-7-13(16)8-6-12)9-15-18-10-19-20(15)11(2)3/h5-8,10-11,14,17H,4,9H2,1-3H3. The maximum Gasteiger partial charge on any atom is 0.138 e. The zero-order chi connectivity index (χ0) is 14.5. The highest BCUT2D eigenvalue weighted by Gasteiger charge is 2.16. The summed E-state index contributed by atoms with van der Waals surface area (Å²) in [6.07, 6.45) is 2.44. The van der Waals surface area contributed by atoms with Crippen LogP contribution in [0.4, 0.5) is 0 Å². The van der Waals surface area contributed by atoms with Gasteiger partial charge >= 0.3 is 0 Å². The number of likely N-dealkylation sites (N-methyl/N-ethyl adjacent to an activating group) is 1. The van der Waals surface area contributed by atoms with Gasteiger partial charge in [-0.2, -0.15) is 5.10 Å². The lowest BCUT2D eigenvalue weighted by Crippen LogP contribution is -2.24. The van der Waals surface area contributed by atoms with Crippen LogP contribution < -0.4 is 5.32 Å². The van der Waals surface area contributed by atoms with Crippen molar-refractivity contribution in [3.63, 3.8) is 0 Å². The molecule has 0 radical (unpaired) electrons. The fraction of sp³-hybridized carbons (Fsp3) is 0.467. The Kier molecular flexibility index (Phi) is 5.15. The van der Waals surface area contributed by atoms with E-state index < -0.39 is 0 Å². The van der Waals surface area contributed by atoms with E-state index >= 15 is 0 Å². The molecule has 0 spiro atoms. The molecule has 1 aromatic carbocycles. The van der Waals surface area contributed by atoms with Crippen LogP contribution in [0.3, 0.4) is 0 Å². The quantitative estimate of drug-likeness (QED) is 0.887. The molecule has 1 unspecified atom stereocenters. The van der Waals surface area contributed by atoms with Gasteiger partial charge in [0.2, 0.25) is 0 Å². The number of rotatable bonds is 6. The summed E-state index contributed by atoms with van der Waals surface area (Å²) in [6.45, 7) is 7.24. The molecule has 0 amide bonds. The van der Waals surface area contributed by atoms with Gasteiger partial charge in [0.05, 0.1) is 0 Å². The maximum atomic E-state index is 5.96. The molecule has 0 aliphatic carbocycles. The molecule has 108 valence electrons. The normalized spacial score (nSPS) is 12.8. The van der Waals surface area contributed by atoms with Crippen molar-refractivity contribution in [2.45, 2.75) is 39.3 Å². The van der Waals surface area contributed by atoms with E-state index in [4.69, 9.17) is 11.6 Å². The smallest absolute Gasteiger partial charge is 0.138 e. The highest BCUT2D eigenvalue weighted by atomic mass is 35.5. The van der Waals surface area contributed by atoms with Crippen LogP contribution in [0.5, 0.6) is 0 Å². The fourth-order valence-electron chi connectivity index (χ4n) is 2.28. The molecule has 4 nitrogen and oxygen atoms in total. The summed E-state index contributed by atoms with van der Waals surface area (Å²) < 4.78 is 1.97. The van der Waals surface area contributed by atoms with Crippen LogP contribution in [0.1, 0.15) is 44.2 Å². The first kappa shape index (κ1) is 15.0. The van der Waals surface area contributed by atoms with Crippen LogP contribution in [0, 0.1) is 0 Å². The van der Waals surface area contributed by atoms with Crippen molar-refractivity contribution >= 4 is 11.6 Å². The zero-order valence-corrected chi connectivity index (χ0v) is 12.9. The van der Waals surface area contributed by atoms with Crippen molar-refractivity contribution in [3.05, 3.63) is 47.0 Å². The van der Waals surface area contributed by atoms with Crippen LogP contribution in [-0.4, -0.2) is 21.3 Å². The second kappa shape index (κ2) is 6.86. The number of halogens is 1. The topological polar surface area (TPSA) is 42.7 Å². The largest absolute Gasteiger partial charge is 0.310 e. The summed E-state index contributed by atoms with van der Waals surface area (Å²) in [6, 6.07) is 8.51. The molecule has 2 rings (SSSR count). The summed E-state index contributed by atoms with van der Waals surface area (Å²) in [4.78, 5) is 4.39. The summed E-state index contributed by atoms with van der Waals surface area (Å²) in [5.41, 5.74) is 1.22. The second-order valence-corrected chi connectivity index (χ2v) is 5.52. The number of nitrogens with one attached hydrogen (secondary N) is 1. The summed E-state index contributed by atoms with van der Waals surface area (Å²) in [5.74, 6) is 1.00. The van der Waals surface area contributed by atoms with E-state index in [2.05, 4.69) is 48.3 Å². The lowest BCUT2D eigenvalue weighted by Gasteiger charge is -2.19. The van der Waals surface area contributed by atoms with Gasteiger partial charge in [-0.3, -0.25) is 0 Å². The number of hydrogen-bond acceptors (Lipinski definition) is 3. The minimum atomic E-state index is 0.221. The van der Waals surface area contributed by atoms with E-state index in [1.807, 2.05) is 16.8 Å². The molecule has 0 fully saturated rings. The highest BCUT2D eigenvalue weighted by molar-refractivity contribution is 6.30. The average Bonchev–Trinajstić information content (AvgIpc) is 2.87. The van der Waals surface area contributed by atoms with Gasteiger partial charge < -0.3 is 5.32 Å². The number of benzene rings is 1. The van der Waals surface area contributed by atoms with E-state index in [0.29, 0.717) is 6.04 Å². The van der Waals surface area contributed by atoms with Crippen molar-refractivity contribution in [2.75, 3.05) is 6.54 Å². The minimum absolute atomic E-state index is 0.221. The minimum Gasteiger partial charge on any atom is -0.310 e. The summed E-state index contributed by atoms with van der Waals surface area (Å²) in [7, 11) is 0. The first-order chi connectivity index (χ1) is 9.61. The molecule has 0 bridgehead atoms. The predicted molar refractivity (Wildman–Crippen MR) is 82.0 cm³/mol. The number of nitrogens with zero attached hydrogens (tertiary/aromatic N) is 3. The first-order valence-corrected chi connectivity index (χ1v) is 7.36. The fourth-order valence-corrected chi connectivity index (χ4v) is 2.41.